The van der Waals surface area contributed by atoms with E-state index < -0.39 is 0 Å². The Kier molecular flexibility index (Phi) is 7.62. The molecule has 2 aromatic carbocycles. The monoisotopic (exact) mass is 448 g/mol. The normalized spacial score (nSPS) is 13.7. The van der Waals surface area contributed by atoms with Crippen molar-refractivity contribution in [3.63, 3.8) is 0 Å². The number of anilines is 2. The quantitative estimate of drug-likeness (QED) is 0.505. The second-order valence-corrected chi connectivity index (χ2v) is 8.44. The van der Waals surface area contributed by atoms with Crippen molar-refractivity contribution < 1.29 is 14.1 Å². The average molecular weight is 449 g/mol. The molecular weight excluding hydrogens is 416 g/mol. The smallest absolute Gasteiger partial charge is 0.322 e. The molecule has 1 aromatic heterocycles. The third-order valence-electron chi connectivity index (χ3n) is 5.96. The number of aromatic nitrogens is 1. The molecule has 7 nitrogen and oxygen atoms in total. The number of carbonyl (C=O) groups is 1. The van der Waals surface area contributed by atoms with Gasteiger partial charge < -0.3 is 24.4 Å². The van der Waals surface area contributed by atoms with Crippen molar-refractivity contribution in [3.8, 4) is 11.3 Å². The van der Waals surface area contributed by atoms with Gasteiger partial charge in [-0.25, -0.2) is 4.79 Å². The van der Waals surface area contributed by atoms with Gasteiger partial charge in [-0.05, 0) is 38.3 Å². The van der Waals surface area contributed by atoms with Gasteiger partial charge in [0, 0.05) is 38.0 Å². The summed E-state index contributed by atoms with van der Waals surface area (Å²) in [5.41, 5.74) is 4.59. The van der Waals surface area contributed by atoms with Gasteiger partial charge in [-0.2, -0.15) is 0 Å². The maximum atomic E-state index is 13.3. The summed E-state index contributed by atoms with van der Waals surface area (Å²) in [5, 5.41) is 7.46. The molecule has 0 aliphatic carbocycles. The highest BCUT2D eigenvalue weighted by atomic mass is 16.5. The van der Waals surface area contributed by atoms with Crippen LogP contribution in [0.4, 0.5) is 16.4 Å². The first-order valence-corrected chi connectivity index (χ1v) is 11.6. The van der Waals surface area contributed by atoms with E-state index in [9.17, 15) is 4.79 Å². The minimum Gasteiger partial charge on any atom is -0.383 e. The Hall–Kier alpha value is -3.32. The second kappa shape index (κ2) is 11.0. The minimum atomic E-state index is -0.180. The van der Waals surface area contributed by atoms with Gasteiger partial charge >= 0.3 is 6.03 Å². The van der Waals surface area contributed by atoms with Gasteiger partial charge in [-0.1, -0.05) is 53.2 Å². The third kappa shape index (κ3) is 5.73. The molecule has 2 amide bonds. The van der Waals surface area contributed by atoms with Crippen molar-refractivity contribution in [2.24, 2.45) is 0 Å². The third-order valence-corrected chi connectivity index (χ3v) is 5.96. The molecule has 4 rings (SSSR count). The van der Waals surface area contributed by atoms with E-state index in [1.807, 2.05) is 61.5 Å². The van der Waals surface area contributed by atoms with Crippen LogP contribution in [0.2, 0.25) is 0 Å². The van der Waals surface area contributed by atoms with Crippen LogP contribution in [0.25, 0.3) is 11.3 Å². The van der Waals surface area contributed by atoms with Gasteiger partial charge in [-0.3, -0.25) is 0 Å². The fourth-order valence-corrected chi connectivity index (χ4v) is 4.10. The standard InChI is InChI=1S/C26H32N4O3/c1-20-11-13-22(14-12-20)27-26(31)30(17-18-32-2)19-23-24(21-9-5-3-6-10-21)28-33-25(23)29-15-7-4-8-16-29/h3,5-6,9-14H,4,7-8,15-19H2,1-2H3,(H,27,31). The number of carbonyl (C=O) groups excluding carboxylic acids is 1. The van der Waals surface area contributed by atoms with Crippen LogP contribution in [0.1, 0.15) is 30.4 Å². The molecule has 0 radical (unpaired) electrons. The Balaban J connectivity index is 1.64. The fraction of sp³-hybridized carbons (Fsp3) is 0.385. The zero-order chi connectivity index (χ0) is 23.0. The predicted octanol–water partition coefficient (Wildman–Crippen LogP) is 5.32. The van der Waals surface area contributed by atoms with Crippen LogP contribution in [0.3, 0.4) is 0 Å². The summed E-state index contributed by atoms with van der Waals surface area (Å²) in [6.45, 7) is 5.16. The van der Waals surface area contributed by atoms with Gasteiger partial charge in [0.25, 0.3) is 0 Å². The Bertz CT molecular complexity index is 1030. The van der Waals surface area contributed by atoms with Crippen LogP contribution >= 0.6 is 0 Å². The lowest BCUT2D eigenvalue weighted by atomic mass is 10.1. The maximum Gasteiger partial charge on any atom is 0.322 e. The fourth-order valence-electron chi connectivity index (χ4n) is 4.10. The summed E-state index contributed by atoms with van der Waals surface area (Å²) in [7, 11) is 1.64. The first-order valence-electron chi connectivity index (χ1n) is 11.6. The number of hydrogen-bond acceptors (Lipinski definition) is 5. The summed E-state index contributed by atoms with van der Waals surface area (Å²) >= 11 is 0. The van der Waals surface area contributed by atoms with Gasteiger partial charge in [-0.15, -0.1) is 0 Å². The van der Waals surface area contributed by atoms with Crippen molar-refractivity contribution in [2.75, 3.05) is 43.6 Å². The number of piperidine rings is 1. The second-order valence-electron chi connectivity index (χ2n) is 8.44. The largest absolute Gasteiger partial charge is 0.383 e. The molecule has 0 saturated carbocycles. The summed E-state index contributed by atoms with van der Waals surface area (Å²) < 4.78 is 11.2. The van der Waals surface area contributed by atoms with Gasteiger partial charge in [0.05, 0.1) is 18.7 Å². The molecule has 174 valence electrons. The highest BCUT2D eigenvalue weighted by Gasteiger charge is 2.27. The van der Waals surface area contributed by atoms with Crippen LogP contribution < -0.4 is 10.2 Å². The summed E-state index contributed by atoms with van der Waals surface area (Å²) in [6.07, 6.45) is 3.48. The zero-order valence-corrected chi connectivity index (χ0v) is 19.4. The van der Waals surface area contributed by atoms with E-state index in [2.05, 4.69) is 15.4 Å². The number of methoxy groups -OCH3 is 1. The lowest BCUT2D eigenvalue weighted by Gasteiger charge is -2.28. The Morgan fingerprint density at radius 3 is 2.52 bits per heavy atom. The van der Waals surface area contributed by atoms with Crippen LogP contribution in [0, 0.1) is 6.92 Å². The van der Waals surface area contributed by atoms with E-state index in [4.69, 9.17) is 9.26 Å². The predicted molar refractivity (Wildman–Crippen MR) is 130 cm³/mol. The molecule has 0 spiro atoms. The van der Waals surface area contributed by atoms with Crippen molar-refractivity contribution in [1.29, 1.82) is 0 Å². The zero-order valence-electron chi connectivity index (χ0n) is 19.4. The lowest BCUT2D eigenvalue weighted by Crippen LogP contribution is -2.37. The number of amides is 2. The van der Waals surface area contributed by atoms with Crippen LogP contribution in [0.15, 0.2) is 59.1 Å². The Morgan fingerprint density at radius 1 is 1.09 bits per heavy atom. The van der Waals surface area contributed by atoms with E-state index in [1.54, 1.807) is 12.0 Å². The SMILES string of the molecule is COCCN(Cc1c(-c2ccccc2)noc1N1CCCCC1)C(=O)Nc1ccc(C)cc1. The molecule has 1 aliphatic rings. The molecular formula is C26H32N4O3. The van der Waals surface area contributed by atoms with Gasteiger partial charge in [0.2, 0.25) is 5.88 Å². The van der Waals surface area contributed by atoms with Crippen molar-refractivity contribution in [3.05, 3.63) is 65.7 Å². The number of aryl methyl sites for hydroxylation is 1. The number of nitrogens with zero attached hydrogens (tertiary/aromatic N) is 3. The van der Waals surface area contributed by atoms with Crippen molar-refractivity contribution in [2.45, 2.75) is 32.7 Å². The first-order chi connectivity index (χ1) is 16.2. The molecule has 1 saturated heterocycles. The number of ether oxygens (including phenoxy) is 1. The highest BCUT2D eigenvalue weighted by molar-refractivity contribution is 5.89. The van der Waals surface area contributed by atoms with Crippen LogP contribution in [0.5, 0.6) is 0 Å². The number of nitrogens with one attached hydrogen (secondary N) is 1. The van der Waals surface area contributed by atoms with Crippen molar-refractivity contribution >= 4 is 17.6 Å². The van der Waals surface area contributed by atoms with E-state index in [-0.39, 0.29) is 6.03 Å². The molecule has 1 N–H and O–H groups in total. The molecule has 7 heteroatoms. The van der Waals surface area contributed by atoms with E-state index in [1.165, 1.54) is 6.42 Å². The molecule has 1 fully saturated rings. The number of hydrogen-bond donors (Lipinski definition) is 1. The van der Waals surface area contributed by atoms with Gasteiger partial charge in [0.15, 0.2) is 0 Å². The molecule has 1 aliphatic heterocycles. The van der Waals surface area contributed by atoms with E-state index in [0.29, 0.717) is 19.7 Å². The van der Waals surface area contributed by atoms with Crippen LogP contribution in [-0.4, -0.2) is 49.4 Å². The molecule has 3 aromatic rings. The maximum absolute atomic E-state index is 13.3. The Labute approximate surface area is 195 Å². The van der Waals surface area contributed by atoms with Crippen LogP contribution in [-0.2, 0) is 11.3 Å². The highest BCUT2D eigenvalue weighted by Crippen LogP contribution is 2.34. The molecule has 0 atom stereocenters. The minimum absolute atomic E-state index is 0.180. The number of urea groups is 1. The molecule has 2 heterocycles. The molecule has 0 unspecified atom stereocenters. The number of benzene rings is 2. The summed E-state index contributed by atoms with van der Waals surface area (Å²) in [4.78, 5) is 17.3. The lowest BCUT2D eigenvalue weighted by molar-refractivity contribution is 0.153. The molecule has 33 heavy (non-hydrogen) atoms. The van der Waals surface area contributed by atoms with Gasteiger partial charge in [0.1, 0.15) is 5.69 Å². The first kappa shape index (κ1) is 22.9. The van der Waals surface area contributed by atoms with E-state index >= 15 is 0 Å². The number of rotatable bonds is 8. The topological polar surface area (TPSA) is 70.8 Å². The summed E-state index contributed by atoms with van der Waals surface area (Å²) in [6, 6.07) is 17.6. The van der Waals surface area contributed by atoms with Crippen molar-refractivity contribution in [1.82, 2.24) is 10.1 Å². The Morgan fingerprint density at radius 2 is 1.82 bits per heavy atom. The summed E-state index contributed by atoms with van der Waals surface area (Å²) in [5.74, 6) is 0.763. The van der Waals surface area contributed by atoms with E-state index in [0.717, 1.165) is 59.9 Å². The average Bonchev–Trinajstić information content (AvgIpc) is 3.27. The molecule has 0 bridgehead atoms.